The predicted octanol–water partition coefficient (Wildman–Crippen LogP) is 4.15. The first-order valence-electron chi connectivity index (χ1n) is 6.21. The average molecular weight is 269 g/mol. The summed E-state index contributed by atoms with van der Waals surface area (Å²) < 4.78 is 0. The number of fused-ring (bicyclic) bond motifs is 1. The van der Waals surface area contributed by atoms with Gasteiger partial charge in [-0.15, -0.1) is 11.6 Å². The molecule has 0 bridgehead atoms. The van der Waals surface area contributed by atoms with E-state index in [4.69, 9.17) is 11.6 Å². The molecule has 0 radical (unpaired) electrons. The first kappa shape index (κ1) is 12.1. The smallest absolute Gasteiger partial charge is 0.0705 e. The fraction of sp³-hybridized carbons (Fsp3) is 0.125. The molecule has 0 aliphatic carbocycles. The Bertz CT molecular complexity index is 682. The molecule has 0 N–H and O–H groups in total. The Labute approximate surface area is 117 Å². The van der Waals surface area contributed by atoms with E-state index in [0.717, 1.165) is 28.6 Å². The van der Waals surface area contributed by atoms with Gasteiger partial charge in [0, 0.05) is 29.9 Å². The lowest BCUT2D eigenvalue weighted by Crippen LogP contribution is -1.98. The zero-order chi connectivity index (χ0) is 13.1. The Morgan fingerprint density at radius 1 is 0.947 bits per heavy atom. The van der Waals surface area contributed by atoms with Crippen molar-refractivity contribution in [3.63, 3.8) is 0 Å². The molecule has 2 heterocycles. The number of alkyl halides is 1. The van der Waals surface area contributed by atoms with Crippen LogP contribution in [0.4, 0.5) is 0 Å². The van der Waals surface area contributed by atoms with Gasteiger partial charge in [-0.1, -0.05) is 24.3 Å². The second kappa shape index (κ2) is 5.37. The van der Waals surface area contributed by atoms with E-state index in [2.05, 4.69) is 22.1 Å². The fourth-order valence-electron chi connectivity index (χ4n) is 2.10. The van der Waals surface area contributed by atoms with Crippen LogP contribution in [0, 0.1) is 0 Å². The zero-order valence-corrected chi connectivity index (χ0v) is 11.1. The van der Waals surface area contributed by atoms with Gasteiger partial charge < -0.3 is 0 Å². The molecule has 0 spiro atoms. The molecule has 1 atom stereocenters. The highest BCUT2D eigenvalue weighted by atomic mass is 35.5. The van der Waals surface area contributed by atoms with E-state index in [-0.39, 0.29) is 5.38 Å². The average Bonchev–Trinajstić information content (AvgIpc) is 2.48. The number of para-hydroxylation sites is 1. The Morgan fingerprint density at radius 2 is 1.74 bits per heavy atom. The summed E-state index contributed by atoms with van der Waals surface area (Å²) in [5, 5.41) is 1.08. The van der Waals surface area contributed by atoms with Crippen molar-refractivity contribution in [2.75, 3.05) is 0 Å². The van der Waals surface area contributed by atoms with Crippen molar-refractivity contribution < 1.29 is 0 Å². The van der Waals surface area contributed by atoms with Crippen LogP contribution in [0.5, 0.6) is 0 Å². The van der Waals surface area contributed by atoms with Gasteiger partial charge in [0.05, 0.1) is 10.9 Å². The van der Waals surface area contributed by atoms with E-state index < -0.39 is 0 Å². The summed E-state index contributed by atoms with van der Waals surface area (Å²) >= 11 is 6.42. The minimum atomic E-state index is -0.0725. The molecule has 3 aromatic rings. The Morgan fingerprint density at radius 3 is 2.58 bits per heavy atom. The van der Waals surface area contributed by atoms with Gasteiger partial charge in [-0.2, -0.15) is 0 Å². The molecule has 0 aliphatic rings. The number of hydrogen-bond acceptors (Lipinski definition) is 2. The van der Waals surface area contributed by atoms with E-state index >= 15 is 0 Å². The molecule has 1 unspecified atom stereocenters. The van der Waals surface area contributed by atoms with Crippen LogP contribution in [0.1, 0.15) is 16.6 Å². The normalized spacial score (nSPS) is 12.5. The van der Waals surface area contributed by atoms with Crippen LogP contribution < -0.4 is 0 Å². The summed E-state index contributed by atoms with van der Waals surface area (Å²) in [6.07, 6.45) is 4.24. The van der Waals surface area contributed by atoms with Gasteiger partial charge in [0.1, 0.15) is 0 Å². The molecule has 0 saturated carbocycles. The molecule has 0 saturated heterocycles. The lowest BCUT2D eigenvalue weighted by molar-refractivity contribution is 0.885. The summed E-state index contributed by atoms with van der Waals surface area (Å²) in [6, 6.07) is 16.1. The molecule has 0 aliphatic heterocycles. The van der Waals surface area contributed by atoms with Crippen LogP contribution in [-0.4, -0.2) is 9.97 Å². The molecule has 3 rings (SSSR count). The Balaban J connectivity index is 1.85. The molecule has 2 nitrogen and oxygen atoms in total. The molecular formula is C16H13ClN2. The topological polar surface area (TPSA) is 25.8 Å². The monoisotopic (exact) mass is 268 g/mol. The lowest BCUT2D eigenvalue weighted by atomic mass is 10.1. The highest BCUT2D eigenvalue weighted by Crippen LogP contribution is 2.24. The van der Waals surface area contributed by atoms with E-state index in [1.807, 2.05) is 36.4 Å². The van der Waals surface area contributed by atoms with Gasteiger partial charge in [0.25, 0.3) is 0 Å². The van der Waals surface area contributed by atoms with Crippen molar-refractivity contribution in [1.29, 1.82) is 0 Å². The van der Waals surface area contributed by atoms with E-state index in [1.54, 1.807) is 12.4 Å². The van der Waals surface area contributed by atoms with Gasteiger partial charge in [-0.3, -0.25) is 9.97 Å². The fourth-order valence-corrected chi connectivity index (χ4v) is 2.40. The van der Waals surface area contributed by atoms with E-state index in [9.17, 15) is 0 Å². The largest absolute Gasteiger partial charge is 0.265 e. The van der Waals surface area contributed by atoms with Gasteiger partial charge in [0.2, 0.25) is 0 Å². The van der Waals surface area contributed by atoms with E-state index in [1.165, 1.54) is 0 Å². The number of halogens is 1. The van der Waals surface area contributed by atoms with Crippen molar-refractivity contribution in [2.24, 2.45) is 0 Å². The van der Waals surface area contributed by atoms with Crippen LogP contribution >= 0.6 is 11.6 Å². The summed E-state index contributed by atoms with van der Waals surface area (Å²) in [6.45, 7) is 0. The quantitative estimate of drug-likeness (QED) is 0.667. The van der Waals surface area contributed by atoms with Gasteiger partial charge in [-0.05, 0) is 29.8 Å². The highest BCUT2D eigenvalue weighted by molar-refractivity contribution is 6.20. The third-order valence-electron chi connectivity index (χ3n) is 3.11. The van der Waals surface area contributed by atoms with Crippen molar-refractivity contribution >= 4 is 22.5 Å². The summed E-state index contributed by atoms with van der Waals surface area (Å²) in [7, 11) is 0. The van der Waals surface area contributed by atoms with Crippen LogP contribution in [0.25, 0.3) is 10.9 Å². The molecule has 3 heteroatoms. The van der Waals surface area contributed by atoms with Crippen molar-refractivity contribution in [1.82, 2.24) is 9.97 Å². The third kappa shape index (κ3) is 2.74. The second-order valence-corrected chi connectivity index (χ2v) is 4.97. The lowest BCUT2D eigenvalue weighted by Gasteiger charge is -2.09. The molecule has 94 valence electrons. The maximum atomic E-state index is 6.42. The summed E-state index contributed by atoms with van der Waals surface area (Å²) in [4.78, 5) is 8.64. The Kier molecular flexibility index (Phi) is 3.43. The number of nitrogens with zero attached hydrogens (tertiary/aromatic N) is 2. The van der Waals surface area contributed by atoms with Crippen molar-refractivity contribution in [3.05, 3.63) is 72.2 Å². The number of rotatable bonds is 3. The van der Waals surface area contributed by atoms with E-state index in [0.29, 0.717) is 0 Å². The SMILES string of the molecule is ClC(Cc1ccc2ccccc2n1)c1ccncc1. The third-order valence-corrected chi connectivity index (χ3v) is 3.52. The zero-order valence-electron chi connectivity index (χ0n) is 10.3. The summed E-state index contributed by atoms with van der Waals surface area (Å²) in [5.41, 5.74) is 3.10. The van der Waals surface area contributed by atoms with Crippen LogP contribution in [0.3, 0.4) is 0 Å². The maximum Gasteiger partial charge on any atom is 0.0705 e. The van der Waals surface area contributed by atoms with Gasteiger partial charge in [0.15, 0.2) is 0 Å². The molecular weight excluding hydrogens is 256 g/mol. The molecule has 0 amide bonds. The van der Waals surface area contributed by atoms with Crippen molar-refractivity contribution in [2.45, 2.75) is 11.8 Å². The number of pyridine rings is 2. The molecule has 0 fully saturated rings. The first-order valence-corrected chi connectivity index (χ1v) is 6.65. The number of hydrogen-bond donors (Lipinski definition) is 0. The highest BCUT2D eigenvalue weighted by Gasteiger charge is 2.09. The minimum absolute atomic E-state index is 0.0725. The summed E-state index contributed by atoms with van der Waals surface area (Å²) in [5.74, 6) is 0. The van der Waals surface area contributed by atoms with Crippen LogP contribution in [0.15, 0.2) is 60.9 Å². The minimum Gasteiger partial charge on any atom is -0.265 e. The molecule has 1 aromatic carbocycles. The molecule has 2 aromatic heterocycles. The predicted molar refractivity (Wildman–Crippen MR) is 78.3 cm³/mol. The number of aromatic nitrogens is 2. The van der Waals surface area contributed by atoms with Crippen LogP contribution in [0.2, 0.25) is 0 Å². The van der Waals surface area contributed by atoms with Gasteiger partial charge >= 0.3 is 0 Å². The maximum absolute atomic E-state index is 6.42. The Hall–Kier alpha value is -1.93. The standard InChI is InChI=1S/C16H13ClN2/c17-15(12-7-9-18-10-8-12)11-14-6-5-13-3-1-2-4-16(13)19-14/h1-10,15H,11H2. The second-order valence-electron chi connectivity index (χ2n) is 4.45. The van der Waals surface area contributed by atoms with Gasteiger partial charge in [-0.25, -0.2) is 0 Å². The van der Waals surface area contributed by atoms with Crippen molar-refractivity contribution in [3.8, 4) is 0 Å². The molecule has 19 heavy (non-hydrogen) atoms. The van der Waals surface area contributed by atoms with Crippen LogP contribution in [-0.2, 0) is 6.42 Å². The first-order chi connectivity index (χ1) is 9.33. The number of benzene rings is 1.